The van der Waals surface area contributed by atoms with Crippen LogP contribution in [0.1, 0.15) is 40.2 Å². The average molecular weight is 395 g/mol. The molecule has 0 fully saturated rings. The summed E-state index contributed by atoms with van der Waals surface area (Å²) in [5, 5.41) is 15.6. The van der Waals surface area contributed by atoms with E-state index < -0.39 is 0 Å². The molecule has 0 amide bonds. The van der Waals surface area contributed by atoms with Crippen LogP contribution in [0.4, 0.5) is 0 Å². The van der Waals surface area contributed by atoms with Gasteiger partial charge in [-0.15, -0.1) is 11.3 Å². The van der Waals surface area contributed by atoms with Gasteiger partial charge in [0.1, 0.15) is 16.2 Å². The number of rotatable bonds is 3. The molecule has 1 aliphatic rings. The summed E-state index contributed by atoms with van der Waals surface area (Å²) in [7, 11) is 0. The number of nitrogens with zero attached hydrogens (tertiary/aromatic N) is 4. The Bertz CT molecular complexity index is 1060. The van der Waals surface area contributed by atoms with E-state index in [1.54, 1.807) is 16.0 Å². The first-order valence-corrected chi connectivity index (χ1v) is 10.2. The number of hydrogen-bond acceptors (Lipinski definition) is 4. The third kappa shape index (κ3) is 3.43. The van der Waals surface area contributed by atoms with E-state index in [9.17, 15) is 5.26 Å². The molecule has 3 aromatic rings. The van der Waals surface area contributed by atoms with Crippen molar-refractivity contribution in [2.45, 2.75) is 33.1 Å². The molecule has 0 aliphatic heterocycles. The molecule has 4 nitrogen and oxygen atoms in total. The molecule has 1 unspecified atom stereocenters. The molecule has 6 heteroatoms. The molecule has 0 saturated carbocycles. The van der Waals surface area contributed by atoms with Gasteiger partial charge in [-0.3, -0.25) is 0 Å². The van der Waals surface area contributed by atoms with Gasteiger partial charge in [0, 0.05) is 10.4 Å². The molecule has 2 heterocycles. The number of aryl methyl sites for hydroxylation is 2. The van der Waals surface area contributed by atoms with Gasteiger partial charge in [0.2, 0.25) is 0 Å². The summed E-state index contributed by atoms with van der Waals surface area (Å²) < 4.78 is 1.70. The van der Waals surface area contributed by atoms with Crippen molar-refractivity contribution in [2.24, 2.45) is 5.92 Å². The fraction of sp³-hybridized carbons (Fsp3) is 0.286. The maximum atomic E-state index is 9.74. The van der Waals surface area contributed by atoms with Gasteiger partial charge < -0.3 is 0 Å². The lowest BCUT2D eigenvalue weighted by molar-refractivity contribution is 0.502. The molecule has 136 valence electrons. The second kappa shape index (κ2) is 7.30. The Morgan fingerprint density at radius 1 is 1.37 bits per heavy atom. The van der Waals surface area contributed by atoms with E-state index in [1.807, 2.05) is 43.3 Å². The first kappa shape index (κ1) is 18.0. The second-order valence-corrected chi connectivity index (χ2v) is 8.39. The van der Waals surface area contributed by atoms with Crippen LogP contribution in [0, 0.1) is 24.2 Å². The molecular formula is C21H19ClN4S. The van der Waals surface area contributed by atoms with E-state index in [0.717, 1.165) is 46.9 Å². The molecule has 0 saturated heterocycles. The van der Waals surface area contributed by atoms with Crippen molar-refractivity contribution >= 4 is 34.6 Å². The largest absolute Gasteiger partial charge is 0.240 e. The van der Waals surface area contributed by atoms with Crippen molar-refractivity contribution in [1.82, 2.24) is 14.8 Å². The van der Waals surface area contributed by atoms with Crippen molar-refractivity contribution in [3.05, 3.63) is 62.3 Å². The Labute approximate surface area is 167 Å². The van der Waals surface area contributed by atoms with Gasteiger partial charge in [-0.25, -0.2) is 9.67 Å². The highest BCUT2D eigenvalue weighted by atomic mass is 35.5. The molecule has 0 N–H and O–H groups in total. The van der Waals surface area contributed by atoms with Crippen LogP contribution < -0.4 is 0 Å². The van der Waals surface area contributed by atoms with Crippen molar-refractivity contribution in [1.29, 1.82) is 5.26 Å². The molecule has 1 atom stereocenters. The molecule has 1 aromatic carbocycles. The van der Waals surface area contributed by atoms with Gasteiger partial charge in [0.05, 0.1) is 22.6 Å². The van der Waals surface area contributed by atoms with Gasteiger partial charge in [-0.2, -0.15) is 10.4 Å². The zero-order chi connectivity index (χ0) is 19.0. The maximum Gasteiger partial charge on any atom is 0.140 e. The number of thiazole rings is 1. The van der Waals surface area contributed by atoms with Crippen LogP contribution >= 0.6 is 22.9 Å². The Kier molecular flexibility index (Phi) is 4.86. The molecule has 0 radical (unpaired) electrons. The molecule has 2 aromatic heterocycles. The smallest absolute Gasteiger partial charge is 0.140 e. The van der Waals surface area contributed by atoms with E-state index >= 15 is 0 Å². The Morgan fingerprint density at radius 2 is 2.15 bits per heavy atom. The number of nitriles is 1. The third-order valence-electron chi connectivity index (χ3n) is 4.87. The van der Waals surface area contributed by atoms with Crippen LogP contribution in [0.15, 0.2) is 30.3 Å². The van der Waals surface area contributed by atoms with Crippen LogP contribution in [0.5, 0.6) is 0 Å². The lowest BCUT2D eigenvalue weighted by atomic mass is 9.93. The number of para-hydroxylation sites is 1. The Hall–Kier alpha value is -2.42. The summed E-state index contributed by atoms with van der Waals surface area (Å²) in [5.41, 5.74) is 4.13. The normalized spacial score (nSPS) is 16.8. The van der Waals surface area contributed by atoms with E-state index in [0.29, 0.717) is 16.6 Å². The summed E-state index contributed by atoms with van der Waals surface area (Å²) in [6, 6.07) is 12.0. The van der Waals surface area contributed by atoms with Crippen LogP contribution in [-0.4, -0.2) is 14.8 Å². The van der Waals surface area contributed by atoms with Crippen molar-refractivity contribution < 1.29 is 0 Å². The SMILES string of the molecule is Cc1nn(-c2ccccc2)c(Cl)c1/C=C(\C#N)c1nc2c(s1)CC(C)CC2. The summed E-state index contributed by atoms with van der Waals surface area (Å²) in [4.78, 5) is 6.05. The lowest BCUT2D eigenvalue weighted by Gasteiger charge is -2.15. The zero-order valence-corrected chi connectivity index (χ0v) is 16.8. The van der Waals surface area contributed by atoms with Crippen molar-refractivity contribution in [3.8, 4) is 11.8 Å². The fourth-order valence-electron chi connectivity index (χ4n) is 3.36. The van der Waals surface area contributed by atoms with E-state index in [4.69, 9.17) is 16.6 Å². The molecule has 0 spiro atoms. The molecule has 27 heavy (non-hydrogen) atoms. The monoisotopic (exact) mass is 394 g/mol. The van der Waals surface area contributed by atoms with Crippen LogP contribution in [0.2, 0.25) is 5.15 Å². The minimum Gasteiger partial charge on any atom is -0.240 e. The lowest BCUT2D eigenvalue weighted by Crippen LogP contribution is -2.09. The van der Waals surface area contributed by atoms with Gasteiger partial charge in [-0.05, 0) is 50.3 Å². The molecule has 0 bridgehead atoms. The highest BCUT2D eigenvalue weighted by Crippen LogP contribution is 2.34. The first-order chi connectivity index (χ1) is 13.1. The number of fused-ring (bicyclic) bond motifs is 1. The minimum absolute atomic E-state index is 0.501. The molecule has 4 rings (SSSR count). The number of benzene rings is 1. The summed E-state index contributed by atoms with van der Waals surface area (Å²) >= 11 is 8.24. The summed E-state index contributed by atoms with van der Waals surface area (Å²) in [5.74, 6) is 0.682. The average Bonchev–Trinajstić information content (AvgIpc) is 3.21. The topological polar surface area (TPSA) is 54.5 Å². The zero-order valence-electron chi connectivity index (χ0n) is 15.2. The predicted octanol–water partition coefficient (Wildman–Crippen LogP) is 5.48. The third-order valence-corrected chi connectivity index (χ3v) is 6.39. The van der Waals surface area contributed by atoms with Gasteiger partial charge in [-0.1, -0.05) is 36.7 Å². The number of halogens is 1. The van der Waals surface area contributed by atoms with Crippen LogP contribution in [-0.2, 0) is 12.8 Å². The number of aromatic nitrogens is 3. The summed E-state index contributed by atoms with van der Waals surface area (Å²) in [6.45, 7) is 4.17. The number of allylic oxidation sites excluding steroid dienone is 1. The van der Waals surface area contributed by atoms with E-state index in [2.05, 4.69) is 18.1 Å². The highest BCUT2D eigenvalue weighted by molar-refractivity contribution is 7.13. The second-order valence-electron chi connectivity index (χ2n) is 6.94. The number of hydrogen-bond donors (Lipinski definition) is 0. The predicted molar refractivity (Wildman–Crippen MR) is 110 cm³/mol. The van der Waals surface area contributed by atoms with E-state index in [1.165, 1.54) is 4.88 Å². The van der Waals surface area contributed by atoms with E-state index in [-0.39, 0.29) is 0 Å². The first-order valence-electron chi connectivity index (χ1n) is 8.98. The quantitative estimate of drug-likeness (QED) is 0.552. The van der Waals surface area contributed by atoms with Crippen LogP contribution in [0.25, 0.3) is 17.3 Å². The van der Waals surface area contributed by atoms with Crippen molar-refractivity contribution in [2.75, 3.05) is 0 Å². The Morgan fingerprint density at radius 3 is 2.89 bits per heavy atom. The molecular weight excluding hydrogens is 376 g/mol. The highest BCUT2D eigenvalue weighted by Gasteiger charge is 2.22. The Balaban J connectivity index is 1.74. The van der Waals surface area contributed by atoms with Gasteiger partial charge >= 0.3 is 0 Å². The van der Waals surface area contributed by atoms with Crippen molar-refractivity contribution in [3.63, 3.8) is 0 Å². The van der Waals surface area contributed by atoms with Gasteiger partial charge in [0.25, 0.3) is 0 Å². The maximum absolute atomic E-state index is 9.74. The van der Waals surface area contributed by atoms with Gasteiger partial charge in [0.15, 0.2) is 0 Å². The van der Waals surface area contributed by atoms with Crippen LogP contribution in [0.3, 0.4) is 0 Å². The fourth-order valence-corrected chi connectivity index (χ4v) is 4.92. The minimum atomic E-state index is 0.501. The standard InChI is InChI=1S/C21H19ClN4S/c1-13-8-9-18-19(10-13)27-21(24-18)15(12-23)11-17-14(2)25-26(20(17)22)16-6-4-3-5-7-16/h3-7,11,13H,8-10H2,1-2H3/b15-11+. The molecule has 1 aliphatic carbocycles. The summed E-state index contributed by atoms with van der Waals surface area (Å²) in [6.07, 6.45) is 5.03.